The van der Waals surface area contributed by atoms with Gasteiger partial charge in [0, 0.05) is 43.1 Å². The number of benzene rings is 2. The van der Waals surface area contributed by atoms with Gasteiger partial charge in [-0.05, 0) is 43.4 Å². The number of carbonyl (C=O) groups excluding carboxylic acids is 2. The third kappa shape index (κ3) is 6.04. The summed E-state index contributed by atoms with van der Waals surface area (Å²) < 4.78 is 38.5. The molecule has 0 spiro atoms. The molecular formula is C21H23F3N4O2. The lowest BCUT2D eigenvalue weighted by Gasteiger charge is -2.31. The Balaban J connectivity index is 1.60. The average molecular weight is 420 g/mol. The van der Waals surface area contributed by atoms with Gasteiger partial charge in [-0.15, -0.1) is 0 Å². The molecule has 0 aromatic heterocycles. The molecule has 0 radical (unpaired) electrons. The van der Waals surface area contributed by atoms with E-state index < -0.39 is 17.6 Å². The fraction of sp³-hybridized carbons (Fsp3) is 0.333. The van der Waals surface area contributed by atoms with E-state index >= 15 is 0 Å². The standard InChI is InChI=1S/C21H23F3N4O2/c1-27-8-10-28(11-9-27)14-19(29)25-17-6-2-4-15(12-17)20(30)26-18-7-3-5-16(13-18)21(22,23)24/h2-7,12-13H,8-11,14H2,1H3,(H,25,29)(H,26,30). The molecule has 2 aromatic carbocycles. The Morgan fingerprint density at radius 1 is 0.933 bits per heavy atom. The number of nitrogens with zero attached hydrogens (tertiary/aromatic N) is 2. The van der Waals surface area contributed by atoms with Crippen LogP contribution in [0.2, 0.25) is 0 Å². The van der Waals surface area contributed by atoms with E-state index in [9.17, 15) is 22.8 Å². The predicted molar refractivity (Wildman–Crippen MR) is 108 cm³/mol. The first kappa shape index (κ1) is 21.8. The summed E-state index contributed by atoms with van der Waals surface area (Å²) in [5.41, 5.74) is -0.125. The molecule has 2 amide bonds. The number of likely N-dealkylation sites (N-methyl/N-ethyl adjacent to an activating group) is 1. The Morgan fingerprint density at radius 3 is 2.23 bits per heavy atom. The van der Waals surface area contributed by atoms with Gasteiger partial charge in [0.25, 0.3) is 5.91 Å². The van der Waals surface area contributed by atoms with Gasteiger partial charge in [0.15, 0.2) is 0 Å². The van der Waals surface area contributed by atoms with Crippen molar-refractivity contribution in [1.29, 1.82) is 0 Å². The molecule has 0 bridgehead atoms. The zero-order valence-electron chi connectivity index (χ0n) is 16.5. The van der Waals surface area contributed by atoms with Crippen LogP contribution in [0.4, 0.5) is 24.5 Å². The van der Waals surface area contributed by atoms with Crippen molar-refractivity contribution in [3.8, 4) is 0 Å². The molecule has 1 heterocycles. The largest absolute Gasteiger partial charge is 0.416 e. The van der Waals surface area contributed by atoms with Crippen LogP contribution in [0.25, 0.3) is 0 Å². The summed E-state index contributed by atoms with van der Waals surface area (Å²) in [6, 6.07) is 10.7. The predicted octanol–water partition coefficient (Wildman–Crippen LogP) is 3.14. The van der Waals surface area contributed by atoms with Crippen LogP contribution < -0.4 is 10.6 Å². The van der Waals surface area contributed by atoms with Crippen LogP contribution in [0.3, 0.4) is 0 Å². The third-order valence-electron chi connectivity index (χ3n) is 4.82. The van der Waals surface area contributed by atoms with Crippen LogP contribution in [-0.4, -0.2) is 61.4 Å². The van der Waals surface area contributed by atoms with Crippen molar-refractivity contribution in [2.24, 2.45) is 0 Å². The number of rotatable bonds is 5. The Hall–Kier alpha value is -2.91. The van der Waals surface area contributed by atoms with Gasteiger partial charge in [0.1, 0.15) is 0 Å². The smallest absolute Gasteiger partial charge is 0.325 e. The van der Waals surface area contributed by atoms with E-state index in [4.69, 9.17) is 0 Å². The fourth-order valence-corrected chi connectivity index (χ4v) is 3.12. The lowest BCUT2D eigenvalue weighted by atomic mass is 10.1. The van der Waals surface area contributed by atoms with Crippen molar-refractivity contribution < 1.29 is 22.8 Å². The number of amides is 2. The van der Waals surface area contributed by atoms with Gasteiger partial charge in [-0.2, -0.15) is 13.2 Å². The van der Waals surface area contributed by atoms with Crippen molar-refractivity contribution in [1.82, 2.24) is 9.80 Å². The van der Waals surface area contributed by atoms with E-state index in [1.165, 1.54) is 24.3 Å². The quantitative estimate of drug-likeness (QED) is 0.780. The maximum atomic E-state index is 12.8. The number of carbonyl (C=O) groups is 2. The summed E-state index contributed by atoms with van der Waals surface area (Å²) in [6.45, 7) is 3.68. The Bertz CT molecular complexity index is 909. The van der Waals surface area contributed by atoms with Crippen molar-refractivity contribution in [2.45, 2.75) is 6.18 Å². The maximum Gasteiger partial charge on any atom is 0.416 e. The van der Waals surface area contributed by atoms with E-state index in [1.807, 2.05) is 7.05 Å². The first-order chi connectivity index (χ1) is 14.2. The summed E-state index contributed by atoms with van der Waals surface area (Å²) in [5.74, 6) is -0.750. The molecule has 0 saturated carbocycles. The third-order valence-corrected chi connectivity index (χ3v) is 4.82. The lowest BCUT2D eigenvalue weighted by molar-refractivity contribution is -0.137. The van der Waals surface area contributed by atoms with E-state index in [1.54, 1.807) is 12.1 Å². The molecule has 9 heteroatoms. The highest BCUT2D eigenvalue weighted by molar-refractivity contribution is 6.05. The van der Waals surface area contributed by atoms with Crippen LogP contribution in [0.1, 0.15) is 15.9 Å². The second-order valence-corrected chi connectivity index (χ2v) is 7.24. The number of halogens is 3. The second-order valence-electron chi connectivity index (χ2n) is 7.24. The van der Waals surface area contributed by atoms with Crippen LogP contribution in [0, 0.1) is 0 Å². The summed E-state index contributed by atoms with van der Waals surface area (Å²) in [5, 5.41) is 5.22. The van der Waals surface area contributed by atoms with Crippen LogP contribution in [-0.2, 0) is 11.0 Å². The maximum absolute atomic E-state index is 12.8. The van der Waals surface area contributed by atoms with Crippen molar-refractivity contribution in [2.75, 3.05) is 50.4 Å². The zero-order valence-corrected chi connectivity index (χ0v) is 16.5. The van der Waals surface area contributed by atoms with Crippen molar-refractivity contribution in [3.63, 3.8) is 0 Å². The number of hydrogen-bond acceptors (Lipinski definition) is 4. The molecule has 160 valence electrons. The van der Waals surface area contributed by atoms with Gasteiger partial charge in [-0.1, -0.05) is 12.1 Å². The first-order valence-electron chi connectivity index (χ1n) is 9.50. The van der Waals surface area contributed by atoms with E-state index in [0.29, 0.717) is 5.69 Å². The molecule has 6 nitrogen and oxygen atoms in total. The summed E-state index contributed by atoms with van der Waals surface area (Å²) in [4.78, 5) is 29.0. The van der Waals surface area contributed by atoms with Gasteiger partial charge in [-0.3, -0.25) is 14.5 Å². The Morgan fingerprint density at radius 2 is 1.57 bits per heavy atom. The number of hydrogen-bond donors (Lipinski definition) is 2. The molecule has 3 rings (SSSR count). The highest BCUT2D eigenvalue weighted by atomic mass is 19.4. The van der Waals surface area contributed by atoms with Gasteiger partial charge in [-0.25, -0.2) is 0 Å². The highest BCUT2D eigenvalue weighted by Crippen LogP contribution is 2.30. The summed E-state index contributed by atoms with van der Waals surface area (Å²) in [6.07, 6.45) is -4.49. The molecule has 2 aromatic rings. The van der Waals surface area contributed by atoms with Gasteiger partial charge >= 0.3 is 6.18 Å². The molecule has 0 atom stereocenters. The van der Waals surface area contributed by atoms with Crippen LogP contribution in [0.5, 0.6) is 0 Å². The highest BCUT2D eigenvalue weighted by Gasteiger charge is 2.30. The van der Waals surface area contributed by atoms with Crippen LogP contribution >= 0.6 is 0 Å². The van der Waals surface area contributed by atoms with Crippen molar-refractivity contribution >= 4 is 23.2 Å². The number of nitrogens with one attached hydrogen (secondary N) is 2. The SMILES string of the molecule is CN1CCN(CC(=O)Nc2cccc(C(=O)Nc3cccc(C(F)(F)F)c3)c2)CC1. The minimum Gasteiger partial charge on any atom is -0.325 e. The molecule has 0 unspecified atom stereocenters. The molecule has 30 heavy (non-hydrogen) atoms. The molecule has 1 aliphatic rings. The number of piperazine rings is 1. The average Bonchev–Trinajstić information content (AvgIpc) is 2.69. The summed E-state index contributed by atoms with van der Waals surface area (Å²) >= 11 is 0. The minimum atomic E-state index is -4.49. The van der Waals surface area contributed by atoms with Gasteiger partial charge in [0.05, 0.1) is 12.1 Å². The normalized spacial score (nSPS) is 15.6. The lowest BCUT2D eigenvalue weighted by Crippen LogP contribution is -2.47. The molecule has 1 aliphatic heterocycles. The second kappa shape index (κ2) is 9.27. The number of alkyl halides is 3. The molecule has 1 fully saturated rings. The molecule has 2 N–H and O–H groups in total. The Kier molecular flexibility index (Phi) is 6.73. The van der Waals surface area contributed by atoms with E-state index in [-0.39, 0.29) is 23.7 Å². The van der Waals surface area contributed by atoms with E-state index in [2.05, 4.69) is 20.4 Å². The first-order valence-corrected chi connectivity index (χ1v) is 9.50. The molecular weight excluding hydrogens is 397 g/mol. The van der Waals surface area contributed by atoms with Crippen LogP contribution in [0.15, 0.2) is 48.5 Å². The van der Waals surface area contributed by atoms with Crippen molar-refractivity contribution in [3.05, 3.63) is 59.7 Å². The van der Waals surface area contributed by atoms with E-state index in [0.717, 1.165) is 38.3 Å². The number of anilines is 2. The fourth-order valence-electron chi connectivity index (χ4n) is 3.12. The monoisotopic (exact) mass is 420 g/mol. The molecule has 0 aliphatic carbocycles. The summed E-state index contributed by atoms with van der Waals surface area (Å²) in [7, 11) is 2.04. The Labute approximate surface area is 172 Å². The van der Waals surface area contributed by atoms with Gasteiger partial charge in [0.2, 0.25) is 5.91 Å². The molecule has 1 saturated heterocycles. The zero-order chi connectivity index (χ0) is 21.7. The van der Waals surface area contributed by atoms with Gasteiger partial charge < -0.3 is 15.5 Å². The minimum absolute atomic E-state index is 0.0410. The topological polar surface area (TPSA) is 64.7 Å².